The van der Waals surface area contributed by atoms with Crippen molar-refractivity contribution >= 4 is 22.1 Å². The molecule has 6 heteroatoms. The summed E-state index contributed by atoms with van der Waals surface area (Å²) in [6.07, 6.45) is 7.29. The fourth-order valence-electron chi connectivity index (χ4n) is 4.58. The Balaban J connectivity index is 1.30. The molecule has 1 aliphatic rings. The maximum absolute atomic E-state index is 14.8. The molecule has 0 amide bonds. The third kappa shape index (κ3) is 5.54. The largest absolute Gasteiger partial charge is 0.497 e. The van der Waals surface area contributed by atoms with Crippen LogP contribution in [0.25, 0.3) is 21.9 Å². The summed E-state index contributed by atoms with van der Waals surface area (Å²) < 4.78 is 25.8. The zero-order valence-corrected chi connectivity index (χ0v) is 20.0. The topological polar surface area (TPSA) is 46.6 Å². The lowest BCUT2D eigenvalue weighted by molar-refractivity contribution is 0.180. The minimum Gasteiger partial charge on any atom is -0.497 e. The van der Waals surface area contributed by atoms with Crippen LogP contribution in [0.3, 0.4) is 0 Å². The number of rotatable bonds is 8. The van der Waals surface area contributed by atoms with E-state index in [4.69, 9.17) is 9.47 Å². The quantitative estimate of drug-likeness (QED) is 0.311. The molecule has 0 bridgehead atoms. The van der Waals surface area contributed by atoms with Crippen molar-refractivity contribution in [2.75, 3.05) is 38.7 Å². The molecule has 0 aliphatic carbocycles. The standard InChI is InChI=1S/C29H30FN3O2/c1-34-25-9-7-21-17-23(6-5-22(21)18-25)26-11-12-31-20-28(26)32-24-8-10-29(27(30)19-24)35-16-15-33-13-3-2-4-14-33/h5-12,17-20,32H,2-4,13-16H2,1H3. The van der Waals surface area contributed by atoms with Crippen LogP contribution in [-0.2, 0) is 0 Å². The van der Waals surface area contributed by atoms with Gasteiger partial charge in [0.2, 0.25) is 0 Å². The highest BCUT2D eigenvalue weighted by Crippen LogP contribution is 2.33. The van der Waals surface area contributed by atoms with Gasteiger partial charge in [-0.15, -0.1) is 0 Å². The minimum absolute atomic E-state index is 0.281. The Hall–Kier alpha value is -3.64. The molecule has 5 nitrogen and oxygen atoms in total. The van der Waals surface area contributed by atoms with Crippen molar-refractivity contribution in [3.63, 3.8) is 0 Å². The van der Waals surface area contributed by atoms with Crippen LogP contribution in [0.5, 0.6) is 11.5 Å². The van der Waals surface area contributed by atoms with Gasteiger partial charge in [-0.2, -0.15) is 0 Å². The molecule has 0 spiro atoms. The van der Waals surface area contributed by atoms with Gasteiger partial charge >= 0.3 is 0 Å². The summed E-state index contributed by atoms with van der Waals surface area (Å²) >= 11 is 0. The number of pyridine rings is 1. The molecule has 35 heavy (non-hydrogen) atoms. The van der Waals surface area contributed by atoms with E-state index in [1.807, 2.05) is 30.3 Å². The smallest absolute Gasteiger partial charge is 0.167 e. The van der Waals surface area contributed by atoms with Crippen LogP contribution in [0.1, 0.15) is 19.3 Å². The highest BCUT2D eigenvalue weighted by atomic mass is 19.1. The second-order valence-electron chi connectivity index (χ2n) is 8.87. The molecule has 1 aliphatic heterocycles. The van der Waals surface area contributed by atoms with Crippen LogP contribution in [-0.4, -0.2) is 43.2 Å². The van der Waals surface area contributed by atoms with Crippen LogP contribution < -0.4 is 14.8 Å². The van der Waals surface area contributed by atoms with Gasteiger partial charge in [0.1, 0.15) is 12.4 Å². The summed E-state index contributed by atoms with van der Waals surface area (Å²) in [5.41, 5.74) is 3.48. The van der Waals surface area contributed by atoms with Gasteiger partial charge in [-0.1, -0.05) is 24.6 Å². The SMILES string of the molecule is COc1ccc2cc(-c3ccncc3Nc3ccc(OCCN4CCCCC4)c(F)c3)ccc2c1. The number of fused-ring (bicyclic) bond motifs is 1. The third-order valence-corrected chi connectivity index (χ3v) is 6.50. The average molecular weight is 472 g/mol. The van der Waals surface area contributed by atoms with Gasteiger partial charge < -0.3 is 14.8 Å². The molecule has 180 valence electrons. The zero-order chi connectivity index (χ0) is 24.0. The van der Waals surface area contributed by atoms with Crippen LogP contribution >= 0.6 is 0 Å². The molecule has 1 aromatic heterocycles. The van der Waals surface area contributed by atoms with Gasteiger partial charge in [0.25, 0.3) is 0 Å². The highest BCUT2D eigenvalue weighted by molar-refractivity contribution is 5.91. The van der Waals surface area contributed by atoms with E-state index >= 15 is 0 Å². The molecule has 1 saturated heterocycles. The van der Waals surface area contributed by atoms with Crippen molar-refractivity contribution < 1.29 is 13.9 Å². The Labute approximate surface area is 205 Å². The second kappa shape index (κ2) is 10.7. The Morgan fingerprint density at radius 2 is 1.77 bits per heavy atom. The number of aromatic nitrogens is 1. The number of ether oxygens (including phenoxy) is 2. The van der Waals surface area contributed by atoms with E-state index in [9.17, 15) is 4.39 Å². The van der Waals surface area contributed by atoms with Gasteiger partial charge in [-0.3, -0.25) is 9.88 Å². The van der Waals surface area contributed by atoms with Gasteiger partial charge in [-0.05, 0) is 78.7 Å². The van der Waals surface area contributed by atoms with Gasteiger partial charge in [0, 0.05) is 30.1 Å². The van der Waals surface area contributed by atoms with Crippen LogP contribution in [0.15, 0.2) is 73.1 Å². The molecule has 4 aromatic rings. The fourth-order valence-corrected chi connectivity index (χ4v) is 4.58. The fraction of sp³-hybridized carbons (Fsp3) is 0.276. The van der Waals surface area contributed by atoms with Crippen molar-refractivity contribution in [2.45, 2.75) is 19.3 Å². The van der Waals surface area contributed by atoms with Crippen LogP contribution in [0, 0.1) is 5.82 Å². The number of nitrogens with zero attached hydrogens (tertiary/aromatic N) is 2. The second-order valence-corrected chi connectivity index (χ2v) is 8.87. The molecule has 3 aromatic carbocycles. The number of likely N-dealkylation sites (tertiary alicyclic amines) is 1. The summed E-state index contributed by atoms with van der Waals surface area (Å²) in [5, 5.41) is 5.55. The number of nitrogens with one attached hydrogen (secondary N) is 1. The molecule has 2 heterocycles. The predicted octanol–water partition coefficient (Wildman–Crippen LogP) is 6.66. The third-order valence-electron chi connectivity index (χ3n) is 6.50. The summed E-state index contributed by atoms with van der Waals surface area (Å²) in [7, 11) is 1.67. The first kappa shape index (κ1) is 23.1. The Morgan fingerprint density at radius 3 is 2.60 bits per heavy atom. The van der Waals surface area contributed by atoms with Crippen molar-refractivity contribution in [2.24, 2.45) is 0 Å². The Morgan fingerprint density at radius 1 is 0.943 bits per heavy atom. The molecule has 1 N–H and O–H groups in total. The number of hydrogen-bond acceptors (Lipinski definition) is 5. The first-order valence-electron chi connectivity index (χ1n) is 12.1. The predicted molar refractivity (Wildman–Crippen MR) is 139 cm³/mol. The number of anilines is 2. The molecule has 0 radical (unpaired) electrons. The Bertz CT molecular complexity index is 1300. The maximum Gasteiger partial charge on any atom is 0.167 e. The molecular formula is C29H30FN3O2. The van der Waals surface area contributed by atoms with E-state index in [0.29, 0.717) is 12.3 Å². The Kier molecular flexibility index (Phi) is 7.09. The summed E-state index contributed by atoms with van der Waals surface area (Å²) in [6, 6.07) is 19.3. The first-order valence-corrected chi connectivity index (χ1v) is 12.1. The molecule has 5 rings (SSSR count). The zero-order valence-electron chi connectivity index (χ0n) is 20.0. The van der Waals surface area contributed by atoms with E-state index in [2.05, 4.69) is 33.4 Å². The average Bonchev–Trinajstić information content (AvgIpc) is 2.90. The summed E-state index contributed by atoms with van der Waals surface area (Å²) in [5.74, 6) is 0.736. The first-order chi connectivity index (χ1) is 17.2. The van der Waals surface area contributed by atoms with E-state index in [0.717, 1.165) is 53.0 Å². The summed E-state index contributed by atoms with van der Waals surface area (Å²) in [4.78, 5) is 6.65. The van der Waals surface area contributed by atoms with E-state index in [-0.39, 0.29) is 11.6 Å². The van der Waals surface area contributed by atoms with Gasteiger partial charge in [0.05, 0.1) is 19.0 Å². The van der Waals surface area contributed by atoms with Crippen molar-refractivity contribution in [1.82, 2.24) is 9.88 Å². The van der Waals surface area contributed by atoms with Crippen LogP contribution in [0.2, 0.25) is 0 Å². The highest BCUT2D eigenvalue weighted by Gasteiger charge is 2.12. The van der Waals surface area contributed by atoms with E-state index in [1.54, 1.807) is 25.6 Å². The van der Waals surface area contributed by atoms with Crippen molar-refractivity contribution in [1.29, 1.82) is 0 Å². The number of halogens is 1. The number of benzene rings is 3. The van der Waals surface area contributed by atoms with Crippen LogP contribution in [0.4, 0.5) is 15.8 Å². The molecule has 0 atom stereocenters. The van der Waals surface area contributed by atoms with Gasteiger partial charge in [-0.25, -0.2) is 4.39 Å². The molecule has 0 unspecified atom stereocenters. The lowest BCUT2D eigenvalue weighted by Crippen LogP contribution is -2.33. The van der Waals surface area contributed by atoms with Gasteiger partial charge in [0.15, 0.2) is 11.6 Å². The number of methoxy groups -OCH3 is 1. The number of piperidine rings is 1. The van der Waals surface area contributed by atoms with E-state index < -0.39 is 0 Å². The lowest BCUT2D eigenvalue weighted by atomic mass is 10.0. The van der Waals surface area contributed by atoms with E-state index in [1.165, 1.54) is 25.3 Å². The van der Waals surface area contributed by atoms with Crippen molar-refractivity contribution in [3.8, 4) is 22.6 Å². The maximum atomic E-state index is 14.8. The molecular weight excluding hydrogens is 441 g/mol. The molecule has 0 saturated carbocycles. The number of hydrogen-bond donors (Lipinski definition) is 1. The normalized spacial score (nSPS) is 14.1. The summed E-state index contributed by atoms with van der Waals surface area (Å²) in [6.45, 7) is 3.53. The lowest BCUT2D eigenvalue weighted by Gasteiger charge is -2.26. The minimum atomic E-state index is -0.376. The molecule has 1 fully saturated rings. The van der Waals surface area contributed by atoms with Crippen molar-refractivity contribution in [3.05, 3.63) is 78.9 Å². The monoisotopic (exact) mass is 471 g/mol.